The molecule has 0 saturated carbocycles. The molecule has 0 unspecified atom stereocenters. The predicted octanol–water partition coefficient (Wildman–Crippen LogP) is 6.34. The lowest BCUT2D eigenvalue weighted by atomic mass is 10.0. The van der Waals surface area contributed by atoms with Crippen LogP contribution in [0.15, 0.2) is 41.4 Å². The zero-order valence-corrected chi connectivity index (χ0v) is 18.0. The molecule has 0 fully saturated rings. The SMILES string of the molecule is CC.Cc1ccc(-c2cc3c(s2)C(CCc2ccc4c(c2)OCO4)=NCN3)s1. The van der Waals surface area contributed by atoms with E-state index in [9.17, 15) is 0 Å². The van der Waals surface area contributed by atoms with E-state index < -0.39 is 0 Å². The van der Waals surface area contributed by atoms with Crippen LogP contribution in [0.5, 0.6) is 11.5 Å². The van der Waals surface area contributed by atoms with Crippen molar-refractivity contribution in [2.75, 3.05) is 18.8 Å². The molecule has 4 heterocycles. The van der Waals surface area contributed by atoms with Crippen molar-refractivity contribution in [1.29, 1.82) is 0 Å². The first-order chi connectivity index (χ1) is 13.8. The largest absolute Gasteiger partial charge is 0.454 e. The first-order valence-corrected chi connectivity index (χ1v) is 11.3. The summed E-state index contributed by atoms with van der Waals surface area (Å²) in [5.74, 6) is 1.69. The highest BCUT2D eigenvalue weighted by molar-refractivity contribution is 7.23. The summed E-state index contributed by atoms with van der Waals surface area (Å²) in [5.41, 5.74) is 3.66. The molecule has 0 aliphatic carbocycles. The van der Waals surface area contributed by atoms with Gasteiger partial charge in [0.15, 0.2) is 11.5 Å². The average Bonchev–Trinajstić information content (AvgIpc) is 3.46. The van der Waals surface area contributed by atoms with E-state index in [1.807, 2.05) is 42.6 Å². The van der Waals surface area contributed by atoms with E-state index >= 15 is 0 Å². The number of rotatable bonds is 4. The summed E-state index contributed by atoms with van der Waals surface area (Å²) in [4.78, 5) is 10.0. The van der Waals surface area contributed by atoms with Gasteiger partial charge in [0.2, 0.25) is 6.79 Å². The molecule has 2 aliphatic heterocycles. The van der Waals surface area contributed by atoms with Gasteiger partial charge >= 0.3 is 0 Å². The minimum absolute atomic E-state index is 0.320. The number of benzene rings is 1. The number of thiophene rings is 2. The summed E-state index contributed by atoms with van der Waals surface area (Å²) >= 11 is 3.68. The van der Waals surface area contributed by atoms with Crippen LogP contribution in [-0.4, -0.2) is 19.2 Å². The van der Waals surface area contributed by atoms with Gasteiger partial charge in [0.25, 0.3) is 0 Å². The van der Waals surface area contributed by atoms with E-state index in [1.54, 1.807) is 0 Å². The lowest BCUT2D eigenvalue weighted by Crippen LogP contribution is -2.13. The van der Waals surface area contributed by atoms with Gasteiger partial charge in [-0.05, 0) is 55.7 Å². The van der Waals surface area contributed by atoms with Crippen LogP contribution in [0.2, 0.25) is 0 Å². The van der Waals surface area contributed by atoms with Crippen LogP contribution in [0.1, 0.15) is 35.6 Å². The molecule has 146 valence electrons. The Morgan fingerprint density at radius 1 is 0.964 bits per heavy atom. The number of nitrogens with one attached hydrogen (secondary N) is 1. The second-order valence-electron chi connectivity index (χ2n) is 6.39. The third-order valence-corrected chi connectivity index (χ3v) is 6.98. The van der Waals surface area contributed by atoms with E-state index in [0.29, 0.717) is 13.5 Å². The fourth-order valence-corrected chi connectivity index (χ4v) is 5.39. The van der Waals surface area contributed by atoms with Crippen molar-refractivity contribution in [3.63, 3.8) is 0 Å². The van der Waals surface area contributed by atoms with Crippen molar-refractivity contribution in [3.05, 3.63) is 51.7 Å². The number of aryl methyl sites for hydroxylation is 2. The van der Waals surface area contributed by atoms with E-state index in [2.05, 4.69) is 42.6 Å². The van der Waals surface area contributed by atoms with Crippen molar-refractivity contribution in [1.82, 2.24) is 0 Å². The van der Waals surface area contributed by atoms with Gasteiger partial charge in [0.1, 0.15) is 6.67 Å². The second kappa shape index (κ2) is 8.37. The zero-order valence-electron chi connectivity index (χ0n) is 16.4. The van der Waals surface area contributed by atoms with Gasteiger partial charge in [0, 0.05) is 14.6 Å². The molecule has 1 N–H and O–H groups in total. The number of hydrogen-bond acceptors (Lipinski definition) is 6. The Morgan fingerprint density at radius 2 is 1.82 bits per heavy atom. The lowest BCUT2D eigenvalue weighted by molar-refractivity contribution is 0.174. The van der Waals surface area contributed by atoms with E-state index in [1.165, 1.54) is 36.5 Å². The Balaban J connectivity index is 0.000000932. The molecule has 28 heavy (non-hydrogen) atoms. The third kappa shape index (κ3) is 3.80. The molecule has 0 spiro atoms. The van der Waals surface area contributed by atoms with Gasteiger partial charge in [-0.25, -0.2) is 0 Å². The van der Waals surface area contributed by atoms with Crippen molar-refractivity contribution in [3.8, 4) is 21.3 Å². The van der Waals surface area contributed by atoms with Crippen molar-refractivity contribution >= 4 is 34.1 Å². The van der Waals surface area contributed by atoms with E-state index in [0.717, 1.165) is 24.3 Å². The minimum atomic E-state index is 0.320. The normalized spacial score (nSPS) is 13.9. The Kier molecular flexibility index (Phi) is 5.69. The Morgan fingerprint density at radius 3 is 2.64 bits per heavy atom. The van der Waals surface area contributed by atoms with Crippen molar-refractivity contribution < 1.29 is 9.47 Å². The molecule has 0 saturated heterocycles. The summed E-state index contributed by atoms with van der Waals surface area (Å²) in [6.07, 6.45) is 1.87. The summed E-state index contributed by atoms with van der Waals surface area (Å²) in [5, 5.41) is 3.41. The van der Waals surface area contributed by atoms with E-state index in [-0.39, 0.29) is 0 Å². The molecule has 6 heteroatoms. The van der Waals surface area contributed by atoms with Crippen LogP contribution < -0.4 is 14.8 Å². The fraction of sp³-hybridized carbons (Fsp3) is 0.318. The van der Waals surface area contributed by atoms with Crippen LogP contribution in [0.4, 0.5) is 5.69 Å². The van der Waals surface area contributed by atoms with Crippen LogP contribution in [0, 0.1) is 6.92 Å². The molecule has 4 nitrogen and oxygen atoms in total. The molecular weight excluding hydrogens is 388 g/mol. The summed E-state index contributed by atoms with van der Waals surface area (Å²) in [6.45, 7) is 7.13. The second-order valence-corrected chi connectivity index (χ2v) is 8.73. The quantitative estimate of drug-likeness (QED) is 0.543. The van der Waals surface area contributed by atoms with Crippen LogP contribution >= 0.6 is 22.7 Å². The van der Waals surface area contributed by atoms with Gasteiger partial charge in [-0.1, -0.05) is 19.9 Å². The monoisotopic (exact) mass is 412 g/mol. The van der Waals surface area contributed by atoms with Crippen LogP contribution in [0.25, 0.3) is 9.75 Å². The first-order valence-electron chi connectivity index (χ1n) is 9.63. The Labute approximate surface area is 173 Å². The molecule has 0 radical (unpaired) electrons. The molecule has 1 aromatic carbocycles. The van der Waals surface area contributed by atoms with Crippen LogP contribution in [0.3, 0.4) is 0 Å². The number of fused-ring (bicyclic) bond motifs is 2. The van der Waals surface area contributed by atoms with Gasteiger partial charge < -0.3 is 14.8 Å². The topological polar surface area (TPSA) is 42.9 Å². The maximum Gasteiger partial charge on any atom is 0.231 e. The summed E-state index contributed by atoms with van der Waals surface area (Å²) < 4.78 is 10.9. The molecular formula is C22H24N2O2S2. The standard InChI is InChI=1S/C20H18N2O2S2.C2H6/c1-12-2-7-18(25-12)19-9-15-20(26-19)14(21-10-22-15)5-3-13-4-6-16-17(8-13)24-11-23-16;1-2/h2,4,6-9,22H,3,5,10-11H2,1H3;1-2H3. The molecule has 2 aliphatic rings. The fourth-order valence-electron chi connectivity index (χ4n) is 3.27. The highest BCUT2D eigenvalue weighted by atomic mass is 32.1. The van der Waals surface area contributed by atoms with Crippen molar-refractivity contribution in [2.45, 2.75) is 33.6 Å². The Bertz CT molecular complexity index is 1000. The maximum absolute atomic E-state index is 5.48. The van der Waals surface area contributed by atoms with Gasteiger partial charge in [-0.15, -0.1) is 22.7 Å². The number of aliphatic imine (C=N–C) groups is 1. The third-order valence-electron chi connectivity index (χ3n) is 4.60. The van der Waals surface area contributed by atoms with E-state index in [4.69, 9.17) is 14.5 Å². The van der Waals surface area contributed by atoms with Gasteiger partial charge in [-0.3, -0.25) is 4.99 Å². The highest BCUT2D eigenvalue weighted by Crippen LogP contribution is 2.40. The summed E-state index contributed by atoms with van der Waals surface area (Å²) in [7, 11) is 0. The predicted molar refractivity (Wildman–Crippen MR) is 120 cm³/mol. The molecule has 0 atom stereocenters. The zero-order chi connectivity index (χ0) is 19.5. The maximum atomic E-state index is 5.48. The molecule has 2 aromatic heterocycles. The smallest absolute Gasteiger partial charge is 0.231 e. The molecule has 0 amide bonds. The first kappa shape index (κ1) is 19.0. The number of hydrogen-bond donors (Lipinski definition) is 1. The summed E-state index contributed by atoms with van der Waals surface area (Å²) in [6, 6.07) is 12.8. The molecule has 3 aromatic rings. The number of nitrogens with zero attached hydrogens (tertiary/aromatic N) is 1. The van der Waals surface area contributed by atoms with Gasteiger partial charge in [0.05, 0.1) is 16.3 Å². The number of ether oxygens (including phenoxy) is 2. The minimum Gasteiger partial charge on any atom is -0.454 e. The van der Waals surface area contributed by atoms with Crippen molar-refractivity contribution in [2.24, 2.45) is 4.99 Å². The van der Waals surface area contributed by atoms with Gasteiger partial charge in [-0.2, -0.15) is 0 Å². The lowest BCUT2D eigenvalue weighted by Gasteiger charge is -2.14. The molecule has 5 rings (SSSR count). The number of anilines is 1. The molecule has 0 bridgehead atoms. The average molecular weight is 413 g/mol. The Hall–Kier alpha value is -2.31. The van der Waals surface area contributed by atoms with Crippen LogP contribution in [-0.2, 0) is 6.42 Å². The highest BCUT2D eigenvalue weighted by Gasteiger charge is 2.20.